The number of hydrogen-bond acceptors (Lipinski definition) is 5. The normalized spacial score (nSPS) is 22.8. The highest BCUT2D eigenvalue weighted by molar-refractivity contribution is 5.77. The van der Waals surface area contributed by atoms with Crippen molar-refractivity contribution in [3.05, 3.63) is 40.4 Å². The van der Waals surface area contributed by atoms with Crippen LogP contribution in [0.15, 0.2) is 27.5 Å². The lowest BCUT2D eigenvalue weighted by molar-refractivity contribution is 0.220. The topological polar surface area (TPSA) is 77.9 Å². The second kappa shape index (κ2) is 6.84. The highest BCUT2D eigenvalue weighted by atomic mass is 19.1. The van der Waals surface area contributed by atoms with Gasteiger partial charge in [-0.15, -0.1) is 0 Å². The first-order valence-corrected chi connectivity index (χ1v) is 10.1. The molecule has 2 fully saturated rings. The van der Waals surface area contributed by atoms with E-state index in [2.05, 4.69) is 15.5 Å². The number of fused-ring (bicyclic) bond motifs is 1. The predicted molar refractivity (Wildman–Crippen MR) is 102 cm³/mol. The fraction of sp³-hybridized carbons (Fsp3) is 0.550. The van der Waals surface area contributed by atoms with Crippen molar-refractivity contribution in [3.63, 3.8) is 0 Å². The predicted octanol–water partition coefficient (Wildman–Crippen LogP) is 3.11. The number of rotatable bonds is 5. The van der Waals surface area contributed by atoms with E-state index in [1.165, 1.54) is 42.4 Å². The molecule has 0 aliphatic heterocycles. The van der Waals surface area contributed by atoms with Gasteiger partial charge in [-0.1, -0.05) is 12.8 Å². The molecule has 0 amide bonds. The molecule has 8 heteroatoms. The zero-order valence-electron chi connectivity index (χ0n) is 15.9. The van der Waals surface area contributed by atoms with Gasteiger partial charge in [0, 0.05) is 30.6 Å². The van der Waals surface area contributed by atoms with Crippen LogP contribution in [0.25, 0.3) is 17.0 Å². The zero-order chi connectivity index (χ0) is 19.3. The molecule has 2 aliphatic rings. The molecule has 1 aromatic carbocycles. The molecular weight excluding hydrogens is 361 g/mol. The van der Waals surface area contributed by atoms with Crippen LogP contribution in [0.2, 0.25) is 0 Å². The fourth-order valence-electron chi connectivity index (χ4n) is 4.59. The van der Waals surface area contributed by atoms with Crippen molar-refractivity contribution in [1.29, 1.82) is 0 Å². The number of benzene rings is 1. The number of nitrogens with one attached hydrogen (secondary N) is 1. The van der Waals surface area contributed by atoms with E-state index < -0.39 is 5.82 Å². The Morgan fingerprint density at radius 3 is 2.75 bits per heavy atom. The molecule has 0 atom stereocenters. The molecule has 0 radical (unpaired) electrons. The third-order valence-electron chi connectivity index (χ3n) is 6.15. The summed E-state index contributed by atoms with van der Waals surface area (Å²) in [6.07, 6.45) is 7.12. The second-order valence-corrected chi connectivity index (χ2v) is 7.94. The van der Waals surface area contributed by atoms with Crippen LogP contribution < -0.4 is 11.0 Å². The molecule has 2 aliphatic carbocycles. The molecule has 28 heavy (non-hydrogen) atoms. The maximum Gasteiger partial charge on any atom is 0.336 e. The first-order valence-electron chi connectivity index (χ1n) is 10.1. The van der Waals surface area contributed by atoms with E-state index in [0.717, 1.165) is 12.8 Å². The van der Waals surface area contributed by atoms with Gasteiger partial charge in [-0.2, -0.15) is 4.98 Å². The maximum atomic E-state index is 13.8. The number of nitrogens with zero attached hydrogens (tertiary/aromatic N) is 4. The zero-order valence-corrected chi connectivity index (χ0v) is 15.9. The van der Waals surface area contributed by atoms with E-state index in [1.54, 1.807) is 10.6 Å². The SMILES string of the molecule is CCn1c(=O)n(-c2noc(C3CC(NC4CCCC4)C3)n2)c2cc(F)ccc21. The van der Waals surface area contributed by atoms with Gasteiger partial charge in [0.1, 0.15) is 5.82 Å². The first-order chi connectivity index (χ1) is 13.6. The van der Waals surface area contributed by atoms with Crippen molar-refractivity contribution in [2.45, 2.75) is 70.0 Å². The van der Waals surface area contributed by atoms with Crippen LogP contribution in [0.5, 0.6) is 0 Å². The number of aryl methyl sites for hydroxylation is 1. The van der Waals surface area contributed by atoms with E-state index in [-0.39, 0.29) is 17.6 Å². The van der Waals surface area contributed by atoms with Gasteiger partial charge < -0.3 is 9.84 Å². The van der Waals surface area contributed by atoms with Crippen molar-refractivity contribution in [3.8, 4) is 5.95 Å². The summed E-state index contributed by atoms with van der Waals surface area (Å²) in [5, 5.41) is 7.74. The van der Waals surface area contributed by atoms with Gasteiger partial charge >= 0.3 is 5.69 Å². The number of hydrogen-bond donors (Lipinski definition) is 1. The van der Waals surface area contributed by atoms with Gasteiger partial charge in [-0.05, 0) is 49.9 Å². The minimum Gasteiger partial charge on any atom is -0.337 e. The van der Waals surface area contributed by atoms with Crippen LogP contribution in [0.1, 0.15) is 57.3 Å². The lowest BCUT2D eigenvalue weighted by Crippen LogP contribution is -2.44. The van der Waals surface area contributed by atoms with Crippen molar-refractivity contribution in [2.75, 3.05) is 0 Å². The molecule has 2 aromatic heterocycles. The van der Waals surface area contributed by atoms with Gasteiger partial charge in [0.05, 0.1) is 11.0 Å². The molecule has 5 rings (SSSR count). The van der Waals surface area contributed by atoms with Crippen LogP contribution in [-0.4, -0.2) is 31.4 Å². The summed E-state index contributed by atoms with van der Waals surface area (Å²) < 4.78 is 22.2. The summed E-state index contributed by atoms with van der Waals surface area (Å²) in [4.78, 5) is 17.3. The van der Waals surface area contributed by atoms with Gasteiger partial charge in [-0.25, -0.2) is 13.8 Å². The molecule has 7 nitrogen and oxygen atoms in total. The molecule has 2 heterocycles. The quantitative estimate of drug-likeness (QED) is 0.730. The average molecular weight is 385 g/mol. The van der Waals surface area contributed by atoms with Gasteiger partial charge in [0.15, 0.2) is 0 Å². The van der Waals surface area contributed by atoms with Gasteiger partial charge in [0.2, 0.25) is 5.89 Å². The van der Waals surface area contributed by atoms with E-state index in [1.807, 2.05) is 6.92 Å². The van der Waals surface area contributed by atoms with Crippen LogP contribution in [0.4, 0.5) is 4.39 Å². The smallest absolute Gasteiger partial charge is 0.336 e. The minimum absolute atomic E-state index is 0.176. The lowest BCUT2D eigenvalue weighted by Gasteiger charge is -2.35. The second-order valence-electron chi connectivity index (χ2n) is 7.94. The van der Waals surface area contributed by atoms with E-state index in [9.17, 15) is 9.18 Å². The summed E-state index contributed by atoms with van der Waals surface area (Å²) in [5.74, 6) is 0.542. The summed E-state index contributed by atoms with van der Waals surface area (Å²) in [6.45, 7) is 2.36. The Balaban J connectivity index is 1.39. The third-order valence-corrected chi connectivity index (χ3v) is 6.15. The van der Waals surface area contributed by atoms with Crippen molar-refractivity contribution < 1.29 is 8.91 Å². The van der Waals surface area contributed by atoms with Gasteiger partial charge in [0.25, 0.3) is 5.95 Å². The van der Waals surface area contributed by atoms with Crippen LogP contribution >= 0.6 is 0 Å². The van der Waals surface area contributed by atoms with Gasteiger partial charge in [-0.3, -0.25) is 4.57 Å². The number of halogens is 1. The Kier molecular flexibility index (Phi) is 4.30. The third kappa shape index (κ3) is 2.87. The average Bonchev–Trinajstić information content (AvgIpc) is 3.36. The Hall–Kier alpha value is -2.48. The molecule has 3 aromatic rings. The molecular formula is C20H24FN5O2. The van der Waals surface area contributed by atoms with Crippen molar-refractivity contribution in [1.82, 2.24) is 24.6 Å². The van der Waals surface area contributed by atoms with Crippen LogP contribution in [-0.2, 0) is 6.54 Å². The Morgan fingerprint density at radius 2 is 2.00 bits per heavy atom. The van der Waals surface area contributed by atoms with E-state index in [0.29, 0.717) is 35.6 Å². The largest absolute Gasteiger partial charge is 0.337 e. The highest BCUT2D eigenvalue weighted by Crippen LogP contribution is 2.37. The minimum atomic E-state index is -0.405. The molecule has 0 unspecified atom stereocenters. The van der Waals surface area contributed by atoms with E-state index >= 15 is 0 Å². The van der Waals surface area contributed by atoms with Crippen molar-refractivity contribution in [2.24, 2.45) is 0 Å². The van der Waals surface area contributed by atoms with Crippen molar-refractivity contribution >= 4 is 11.0 Å². The molecule has 2 saturated carbocycles. The fourth-order valence-corrected chi connectivity index (χ4v) is 4.59. The summed E-state index contributed by atoms with van der Waals surface area (Å²) in [7, 11) is 0. The molecule has 148 valence electrons. The lowest BCUT2D eigenvalue weighted by atomic mass is 9.79. The maximum absolute atomic E-state index is 13.8. The summed E-state index contributed by atoms with van der Waals surface area (Å²) >= 11 is 0. The van der Waals surface area contributed by atoms with Crippen LogP contribution in [0.3, 0.4) is 0 Å². The summed E-state index contributed by atoms with van der Waals surface area (Å²) in [6, 6.07) is 5.45. The Morgan fingerprint density at radius 1 is 1.21 bits per heavy atom. The molecule has 0 spiro atoms. The number of aromatic nitrogens is 4. The number of imidazole rings is 1. The first kappa shape index (κ1) is 17.6. The molecule has 1 N–H and O–H groups in total. The highest BCUT2D eigenvalue weighted by Gasteiger charge is 2.36. The Labute approximate surface area is 161 Å². The molecule has 0 bridgehead atoms. The summed E-state index contributed by atoms with van der Waals surface area (Å²) in [5.41, 5.74) is 0.822. The van der Waals surface area contributed by atoms with E-state index in [4.69, 9.17) is 4.52 Å². The Bertz CT molecular complexity index is 1060. The standard InChI is InChI=1S/C20H24FN5O2/c1-2-25-16-8-7-13(21)11-17(16)26(20(25)27)19-23-18(28-24-19)12-9-15(10-12)22-14-5-3-4-6-14/h7-8,11-12,14-15,22H,2-6,9-10H2,1H3. The molecule has 0 saturated heterocycles. The monoisotopic (exact) mass is 385 g/mol. The van der Waals surface area contributed by atoms with Crippen LogP contribution in [0, 0.1) is 5.82 Å².